The second-order valence-electron chi connectivity index (χ2n) is 6.61. The van der Waals surface area contributed by atoms with Crippen LogP contribution >= 0.6 is 11.8 Å². The predicted molar refractivity (Wildman–Crippen MR) is 108 cm³/mol. The standard InChI is InChI=1S/C20H17N6S.Ac/c21-13-7-9-14(10-8-13)27-20-22-16-4-2-1-3-15(16)19(24-20)23-18-11-17(25-26-18)12-5-6-12;/h1-4,7-12,21H,5-6H2,(H2,22,23,24,25,26);/q-1;. The Labute approximate surface area is 202 Å². The van der Waals surface area contributed by atoms with Crippen LogP contribution in [0.1, 0.15) is 24.5 Å². The predicted octanol–water partition coefficient (Wildman–Crippen LogP) is 5.81. The molecule has 0 aliphatic heterocycles. The number of fused-ring (bicyclic) bond motifs is 1. The fourth-order valence-electron chi connectivity index (χ4n) is 2.95. The van der Waals surface area contributed by atoms with Crippen molar-refractivity contribution in [3.63, 3.8) is 0 Å². The molecule has 3 N–H and O–H groups in total. The molecule has 0 bridgehead atoms. The molecule has 0 amide bonds. The van der Waals surface area contributed by atoms with Crippen molar-refractivity contribution in [2.24, 2.45) is 0 Å². The van der Waals surface area contributed by atoms with Crippen molar-refractivity contribution in [2.75, 3.05) is 5.32 Å². The van der Waals surface area contributed by atoms with Crippen molar-refractivity contribution < 1.29 is 44.1 Å². The van der Waals surface area contributed by atoms with Crippen LogP contribution < -0.4 is 5.32 Å². The molecule has 4 aromatic rings. The first kappa shape index (κ1) is 19.7. The quantitative estimate of drug-likeness (QED) is 0.283. The molecule has 1 aliphatic carbocycles. The molecule has 1 radical (unpaired) electrons. The normalized spacial score (nSPS) is 13.3. The number of nitrogens with zero attached hydrogens (tertiary/aromatic N) is 3. The van der Waals surface area contributed by atoms with Gasteiger partial charge in [0.1, 0.15) is 5.82 Å². The molecule has 5 rings (SSSR count). The second kappa shape index (κ2) is 8.40. The number of benzene rings is 2. The summed E-state index contributed by atoms with van der Waals surface area (Å²) in [5, 5.41) is 12.5. The number of aromatic nitrogens is 4. The molecule has 2 aromatic carbocycles. The maximum absolute atomic E-state index is 7.61. The Bertz CT molecular complexity index is 1110. The van der Waals surface area contributed by atoms with E-state index in [4.69, 9.17) is 10.7 Å². The van der Waals surface area contributed by atoms with E-state index in [-0.39, 0.29) is 44.1 Å². The molecule has 137 valence electrons. The van der Waals surface area contributed by atoms with Crippen molar-refractivity contribution in [1.82, 2.24) is 20.2 Å². The summed E-state index contributed by atoms with van der Waals surface area (Å²) in [6.45, 7) is 0. The summed E-state index contributed by atoms with van der Waals surface area (Å²) in [6.07, 6.45) is 2.46. The van der Waals surface area contributed by atoms with Crippen LogP contribution in [0, 0.1) is 44.1 Å². The molecule has 0 atom stereocenters. The van der Waals surface area contributed by atoms with Gasteiger partial charge in [-0.25, -0.2) is 9.97 Å². The molecule has 8 heteroatoms. The van der Waals surface area contributed by atoms with Gasteiger partial charge in [0.05, 0.1) is 5.52 Å². The summed E-state index contributed by atoms with van der Waals surface area (Å²) in [6, 6.07) is 17.4. The fraction of sp³-hybridized carbons (Fsp3) is 0.150. The molecule has 1 fully saturated rings. The SMILES string of the molecule is [Ac].[NH-]c1ccc(Sc2nc(Nc3cc(C4CC4)[nH]n3)c3ccccc3n2)cc1. The summed E-state index contributed by atoms with van der Waals surface area (Å²) in [5.74, 6) is 2.14. The molecule has 6 nitrogen and oxygen atoms in total. The summed E-state index contributed by atoms with van der Waals surface area (Å²) < 4.78 is 0. The van der Waals surface area contributed by atoms with Gasteiger partial charge in [-0.05, 0) is 48.9 Å². The van der Waals surface area contributed by atoms with Crippen LogP contribution in [0.2, 0.25) is 0 Å². The van der Waals surface area contributed by atoms with E-state index < -0.39 is 0 Å². The van der Waals surface area contributed by atoms with Crippen LogP contribution in [0.4, 0.5) is 17.3 Å². The zero-order valence-corrected chi connectivity index (χ0v) is 20.6. The van der Waals surface area contributed by atoms with E-state index >= 15 is 0 Å². The van der Waals surface area contributed by atoms with Gasteiger partial charge in [-0.1, -0.05) is 24.3 Å². The van der Waals surface area contributed by atoms with Crippen molar-refractivity contribution in [1.29, 1.82) is 0 Å². The van der Waals surface area contributed by atoms with Crippen LogP contribution in [0.15, 0.2) is 64.6 Å². The van der Waals surface area contributed by atoms with Crippen molar-refractivity contribution >= 4 is 40.0 Å². The number of para-hydroxylation sites is 1. The van der Waals surface area contributed by atoms with Gasteiger partial charge >= 0.3 is 0 Å². The van der Waals surface area contributed by atoms with Crippen LogP contribution in [-0.2, 0) is 0 Å². The Hall–Kier alpha value is -1.62. The average molecular weight is 600 g/mol. The fourth-order valence-corrected chi connectivity index (χ4v) is 3.71. The minimum atomic E-state index is 0. The molecule has 28 heavy (non-hydrogen) atoms. The van der Waals surface area contributed by atoms with E-state index in [1.165, 1.54) is 30.3 Å². The minimum Gasteiger partial charge on any atom is -0.699 e. The maximum Gasteiger partial charge on any atom is 0.195 e. The zero-order valence-electron chi connectivity index (χ0n) is 15.0. The largest absolute Gasteiger partial charge is 0.699 e. The molecular weight excluding hydrogens is 583 g/mol. The summed E-state index contributed by atoms with van der Waals surface area (Å²) in [7, 11) is 0. The van der Waals surface area contributed by atoms with E-state index in [0.717, 1.165) is 27.4 Å². The zero-order chi connectivity index (χ0) is 18.2. The van der Waals surface area contributed by atoms with Gasteiger partial charge in [0.25, 0.3) is 0 Å². The first-order valence-corrected chi connectivity index (χ1v) is 9.65. The van der Waals surface area contributed by atoms with Crippen LogP contribution in [0.3, 0.4) is 0 Å². The minimum absolute atomic E-state index is 0. The molecule has 1 saturated carbocycles. The van der Waals surface area contributed by atoms with Gasteiger partial charge in [-0.2, -0.15) is 5.10 Å². The average Bonchev–Trinajstić information content (AvgIpc) is 3.43. The number of anilines is 2. The van der Waals surface area contributed by atoms with Gasteiger partial charge in [0.2, 0.25) is 0 Å². The van der Waals surface area contributed by atoms with Gasteiger partial charge in [0.15, 0.2) is 11.0 Å². The van der Waals surface area contributed by atoms with E-state index in [1.807, 2.05) is 36.4 Å². The third kappa shape index (κ3) is 4.35. The van der Waals surface area contributed by atoms with Crippen LogP contribution in [0.5, 0.6) is 0 Å². The maximum atomic E-state index is 7.61. The second-order valence-corrected chi connectivity index (χ2v) is 7.65. The Kier molecular flexibility index (Phi) is 5.91. The van der Waals surface area contributed by atoms with Gasteiger partial charge in [0, 0.05) is 72.0 Å². The number of aromatic amines is 1. The van der Waals surface area contributed by atoms with E-state index in [0.29, 0.717) is 16.8 Å². The Morgan fingerprint density at radius 2 is 1.82 bits per heavy atom. The van der Waals surface area contributed by atoms with Gasteiger partial charge in [-0.15, -0.1) is 5.69 Å². The molecule has 0 spiro atoms. The molecular formula is C20H17AcN6S-. The van der Waals surface area contributed by atoms with Gasteiger partial charge < -0.3 is 11.1 Å². The Morgan fingerprint density at radius 3 is 2.61 bits per heavy atom. The first-order valence-electron chi connectivity index (χ1n) is 8.83. The van der Waals surface area contributed by atoms with Gasteiger partial charge in [-0.3, -0.25) is 5.10 Å². The van der Waals surface area contributed by atoms with Crippen molar-refractivity contribution in [3.05, 3.63) is 66.0 Å². The van der Waals surface area contributed by atoms with Crippen LogP contribution in [0.25, 0.3) is 16.6 Å². The number of H-pyrrole nitrogens is 1. The summed E-state index contributed by atoms with van der Waals surface area (Å²) in [4.78, 5) is 10.4. The van der Waals surface area contributed by atoms with Crippen molar-refractivity contribution in [3.8, 4) is 0 Å². The number of nitrogens with one attached hydrogen (secondary N) is 3. The van der Waals surface area contributed by atoms with E-state index in [2.05, 4.69) is 26.6 Å². The summed E-state index contributed by atoms with van der Waals surface area (Å²) >= 11 is 1.48. The number of hydrogen-bond acceptors (Lipinski definition) is 5. The number of hydrogen-bond donors (Lipinski definition) is 2. The molecule has 0 unspecified atom stereocenters. The van der Waals surface area contributed by atoms with Crippen molar-refractivity contribution in [2.45, 2.75) is 28.8 Å². The Balaban J connectivity index is 0.00000192. The molecule has 1 aliphatic rings. The topological polar surface area (TPSA) is 90.3 Å². The Morgan fingerprint density at radius 1 is 1.04 bits per heavy atom. The first-order chi connectivity index (χ1) is 13.2. The smallest absolute Gasteiger partial charge is 0.195 e. The molecule has 2 heterocycles. The third-order valence-electron chi connectivity index (χ3n) is 4.51. The monoisotopic (exact) mass is 600 g/mol. The number of rotatable bonds is 5. The van der Waals surface area contributed by atoms with Crippen LogP contribution in [-0.4, -0.2) is 20.2 Å². The molecule has 2 aromatic heterocycles. The van der Waals surface area contributed by atoms with E-state index in [9.17, 15) is 0 Å². The molecule has 0 saturated heterocycles. The summed E-state index contributed by atoms with van der Waals surface area (Å²) in [5.41, 5.74) is 10.2. The van der Waals surface area contributed by atoms with E-state index in [1.54, 1.807) is 12.1 Å². The third-order valence-corrected chi connectivity index (χ3v) is 5.38.